The van der Waals surface area contributed by atoms with Crippen LogP contribution in [0.1, 0.15) is 33.6 Å². The van der Waals surface area contributed by atoms with E-state index in [-0.39, 0.29) is 23.0 Å². The Morgan fingerprint density at radius 1 is 1.35 bits per heavy atom. The van der Waals surface area contributed by atoms with E-state index in [4.69, 9.17) is 0 Å². The van der Waals surface area contributed by atoms with Gasteiger partial charge in [-0.25, -0.2) is 0 Å². The van der Waals surface area contributed by atoms with Crippen LogP contribution in [0.15, 0.2) is 0 Å². The van der Waals surface area contributed by atoms with Gasteiger partial charge in [0, 0.05) is 12.3 Å². The number of rotatable bonds is 8. The van der Waals surface area contributed by atoms with Gasteiger partial charge in [-0.1, -0.05) is 20.3 Å². The molecule has 17 heavy (non-hydrogen) atoms. The molecule has 0 radical (unpaired) electrons. The monoisotopic (exact) mass is 261 g/mol. The highest BCUT2D eigenvalue weighted by molar-refractivity contribution is 8.00. The maximum Gasteiger partial charge on any atom is 0.309 e. The van der Waals surface area contributed by atoms with Gasteiger partial charge in [-0.2, -0.15) is 0 Å². The fourth-order valence-corrected chi connectivity index (χ4v) is 2.11. The van der Waals surface area contributed by atoms with E-state index in [0.29, 0.717) is 5.75 Å². The van der Waals surface area contributed by atoms with Gasteiger partial charge in [-0.3, -0.25) is 9.59 Å². The van der Waals surface area contributed by atoms with Crippen molar-refractivity contribution in [3.8, 4) is 0 Å². The number of carbonyl (C=O) groups excluding carboxylic acids is 2. The Hall–Kier alpha value is -0.710. The standard InChI is InChI=1S/C12H23NO3S/c1-5-6-7-13-11(14)10(3)17-8-9(2)12(15)16-4/h9-10H,5-8H2,1-4H3,(H,13,14). The predicted octanol–water partition coefficient (Wildman–Crippen LogP) is 1.83. The Kier molecular flexibility index (Phi) is 8.94. The zero-order valence-corrected chi connectivity index (χ0v) is 11.9. The van der Waals surface area contributed by atoms with Crippen LogP contribution in [0, 0.1) is 5.92 Å². The lowest BCUT2D eigenvalue weighted by Crippen LogP contribution is -2.32. The number of carbonyl (C=O) groups is 2. The third kappa shape index (κ3) is 7.26. The van der Waals surface area contributed by atoms with E-state index in [1.165, 1.54) is 18.9 Å². The van der Waals surface area contributed by atoms with Crippen LogP contribution in [-0.2, 0) is 14.3 Å². The molecule has 1 N–H and O–H groups in total. The first-order valence-electron chi connectivity index (χ1n) is 6.00. The van der Waals surface area contributed by atoms with Gasteiger partial charge in [0.2, 0.25) is 5.91 Å². The summed E-state index contributed by atoms with van der Waals surface area (Å²) in [6.45, 7) is 6.48. The molecule has 1 amide bonds. The van der Waals surface area contributed by atoms with Crippen molar-refractivity contribution in [2.75, 3.05) is 19.4 Å². The van der Waals surface area contributed by atoms with Crippen molar-refractivity contribution in [2.45, 2.75) is 38.9 Å². The fourth-order valence-electron chi connectivity index (χ4n) is 1.17. The topological polar surface area (TPSA) is 55.4 Å². The normalized spacial score (nSPS) is 13.9. The number of esters is 1. The molecule has 0 aromatic heterocycles. The first-order valence-corrected chi connectivity index (χ1v) is 7.04. The van der Waals surface area contributed by atoms with E-state index in [0.717, 1.165) is 19.4 Å². The van der Waals surface area contributed by atoms with Crippen LogP contribution in [0.5, 0.6) is 0 Å². The average molecular weight is 261 g/mol. The third-order valence-electron chi connectivity index (χ3n) is 2.40. The largest absolute Gasteiger partial charge is 0.469 e. The van der Waals surface area contributed by atoms with Crippen LogP contribution in [0.25, 0.3) is 0 Å². The number of ether oxygens (including phenoxy) is 1. The quantitative estimate of drug-likeness (QED) is 0.535. The van der Waals surface area contributed by atoms with Crippen molar-refractivity contribution in [1.82, 2.24) is 5.32 Å². The molecule has 2 unspecified atom stereocenters. The smallest absolute Gasteiger partial charge is 0.309 e. The van der Waals surface area contributed by atoms with E-state index in [2.05, 4.69) is 17.0 Å². The third-order valence-corrected chi connectivity index (χ3v) is 3.81. The Morgan fingerprint density at radius 2 is 2.00 bits per heavy atom. The number of unbranched alkanes of at least 4 members (excludes halogenated alkanes) is 1. The first-order chi connectivity index (χ1) is 8.02. The van der Waals surface area contributed by atoms with Gasteiger partial charge in [-0.05, 0) is 13.3 Å². The number of amides is 1. The van der Waals surface area contributed by atoms with Crippen molar-refractivity contribution in [3.63, 3.8) is 0 Å². The molecule has 0 aliphatic carbocycles. The van der Waals surface area contributed by atoms with Gasteiger partial charge >= 0.3 is 5.97 Å². The van der Waals surface area contributed by atoms with E-state index in [9.17, 15) is 9.59 Å². The molecule has 0 fully saturated rings. The summed E-state index contributed by atoms with van der Waals surface area (Å²) in [5.41, 5.74) is 0. The fraction of sp³-hybridized carbons (Fsp3) is 0.833. The Balaban J connectivity index is 3.80. The summed E-state index contributed by atoms with van der Waals surface area (Å²) >= 11 is 1.48. The molecule has 0 bridgehead atoms. The number of thioether (sulfide) groups is 1. The van der Waals surface area contributed by atoms with E-state index in [1.807, 2.05) is 6.92 Å². The van der Waals surface area contributed by atoms with Gasteiger partial charge in [0.25, 0.3) is 0 Å². The van der Waals surface area contributed by atoms with Crippen LogP contribution >= 0.6 is 11.8 Å². The van der Waals surface area contributed by atoms with Crippen LogP contribution in [-0.4, -0.2) is 36.5 Å². The molecule has 0 saturated heterocycles. The molecular formula is C12H23NO3S. The molecule has 4 nitrogen and oxygen atoms in total. The van der Waals surface area contributed by atoms with Gasteiger partial charge in [0.15, 0.2) is 0 Å². The molecular weight excluding hydrogens is 238 g/mol. The average Bonchev–Trinajstić information content (AvgIpc) is 2.34. The number of hydrogen-bond donors (Lipinski definition) is 1. The highest BCUT2D eigenvalue weighted by atomic mass is 32.2. The minimum atomic E-state index is -0.226. The first kappa shape index (κ1) is 16.3. The lowest BCUT2D eigenvalue weighted by atomic mass is 10.2. The highest BCUT2D eigenvalue weighted by Crippen LogP contribution is 2.15. The van der Waals surface area contributed by atoms with Crippen LogP contribution in [0.2, 0.25) is 0 Å². The van der Waals surface area contributed by atoms with Gasteiger partial charge < -0.3 is 10.1 Å². The summed E-state index contributed by atoms with van der Waals surface area (Å²) in [6, 6.07) is 0. The van der Waals surface area contributed by atoms with Crippen molar-refractivity contribution in [1.29, 1.82) is 0 Å². The number of methoxy groups -OCH3 is 1. The van der Waals surface area contributed by atoms with Crippen LogP contribution in [0.3, 0.4) is 0 Å². The Morgan fingerprint density at radius 3 is 2.53 bits per heavy atom. The van der Waals surface area contributed by atoms with Crippen molar-refractivity contribution in [2.24, 2.45) is 5.92 Å². The zero-order chi connectivity index (χ0) is 13.3. The minimum absolute atomic E-state index is 0.0421. The molecule has 100 valence electrons. The minimum Gasteiger partial charge on any atom is -0.469 e. The van der Waals surface area contributed by atoms with Gasteiger partial charge in [0.1, 0.15) is 0 Å². The second kappa shape index (κ2) is 9.33. The summed E-state index contributed by atoms with van der Waals surface area (Å²) in [6.07, 6.45) is 2.07. The molecule has 0 spiro atoms. The number of nitrogens with one attached hydrogen (secondary N) is 1. The Labute approximate surface area is 108 Å². The van der Waals surface area contributed by atoms with Gasteiger partial charge in [0.05, 0.1) is 18.3 Å². The van der Waals surface area contributed by atoms with Crippen molar-refractivity contribution >= 4 is 23.6 Å². The van der Waals surface area contributed by atoms with E-state index in [1.54, 1.807) is 6.92 Å². The summed E-state index contributed by atoms with van der Waals surface area (Å²) in [5, 5.41) is 2.75. The van der Waals surface area contributed by atoms with Crippen molar-refractivity contribution in [3.05, 3.63) is 0 Å². The molecule has 2 atom stereocenters. The van der Waals surface area contributed by atoms with E-state index < -0.39 is 0 Å². The molecule has 0 rings (SSSR count). The molecule has 0 heterocycles. The molecule has 0 aromatic rings. The summed E-state index contributed by atoms with van der Waals surface area (Å²) in [5.74, 6) is 0.252. The van der Waals surface area contributed by atoms with E-state index >= 15 is 0 Å². The molecule has 0 aliphatic rings. The summed E-state index contributed by atoms with van der Waals surface area (Å²) < 4.78 is 4.63. The molecule has 0 aliphatic heterocycles. The SMILES string of the molecule is CCCCNC(=O)C(C)SCC(C)C(=O)OC. The summed E-state index contributed by atoms with van der Waals surface area (Å²) in [4.78, 5) is 22.8. The molecule has 5 heteroatoms. The van der Waals surface area contributed by atoms with Crippen molar-refractivity contribution < 1.29 is 14.3 Å². The zero-order valence-electron chi connectivity index (χ0n) is 11.1. The van der Waals surface area contributed by atoms with Crippen LogP contribution < -0.4 is 5.32 Å². The lowest BCUT2D eigenvalue weighted by Gasteiger charge is -2.14. The summed E-state index contributed by atoms with van der Waals surface area (Å²) in [7, 11) is 1.38. The second-order valence-corrected chi connectivity index (χ2v) is 5.42. The maximum atomic E-state index is 11.6. The van der Waals surface area contributed by atoms with Crippen LogP contribution in [0.4, 0.5) is 0 Å². The second-order valence-electron chi connectivity index (χ2n) is 4.04. The predicted molar refractivity (Wildman–Crippen MR) is 71.0 cm³/mol. The lowest BCUT2D eigenvalue weighted by molar-refractivity contribution is -0.144. The molecule has 0 saturated carbocycles. The molecule has 0 aromatic carbocycles. The van der Waals surface area contributed by atoms with Gasteiger partial charge in [-0.15, -0.1) is 11.8 Å². The Bertz CT molecular complexity index is 246. The highest BCUT2D eigenvalue weighted by Gasteiger charge is 2.18. The maximum absolute atomic E-state index is 11.6. The number of hydrogen-bond acceptors (Lipinski definition) is 4.